The molecule has 0 bridgehead atoms. The van der Waals surface area contributed by atoms with Gasteiger partial charge in [-0.05, 0) is 23.4 Å². The molecule has 3 aromatic rings. The van der Waals surface area contributed by atoms with Gasteiger partial charge in [0.15, 0.2) is 0 Å². The van der Waals surface area contributed by atoms with E-state index in [1.807, 2.05) is 72.8 Å². The molecule has 27 heavy (non-hydrogen) atoms. The predicted octanol–water partition coefficient (Wildman–Crippen LogP) is 3.85. The number of anilines is 1. The summed E-state index contributed by atoms with van der Waals surface area (Å²) in [5, 5.41) is 2.14. The van der Waals surface area contributed by atoms with E-state index in [4.69, 9.17) is 0 Å². The lowest BCUT2D eigenvalue weighted by molar-refractivity contribution is -0.139. The van der Waals surface area contributed by atoms with Gasteiger partial charge in [0.2, 0.25) is 11.8 Å². The third kappa shape index (κ3) is 3.31. The lowest BCUT2D eigenvalue weighted by Crippen LogP contribution is -2.37. The third-order valence-corrected chi connectivity index (χ3v) is 5.20. The van der Waals surface area contributed by atoms with Crippen LogP contribution in [0.3, 0.4) is 0 Å². The molecule has 0 radical (unpaired) electrons. The van der Waals surface area contributed by atoms with Gasteiger partial charge in [-0.1, -0.05) is 66.7 Å². The fraction of sp³-hybridized carbons (Fsp3) is 0.217. The molecular weight excluding hydrogens is 336 g/mol. The summed E-state index contributed by atoms with van der Waals surface area (Å²) < 4.78 is 0. The minimum Gasteiger partial charge on any atom is -0.341 e. The quantitative estimate of drug-likeness (QED) is 0.665. The Morgan fingerprint density at radius 1 is 1.00 bits per heavy atom. The Balaban J connectivity index is 1.53. The van der Waals surface area contributed by atoms with Crippen LogP contribution in [0.1, 0.15) is 12.0 Å². The van der Waals surface area contributed by atoms with E-state index in [1.54, 1.807) is 16.8 Å². The topological polar surface area (TPSA) is 40.6 Å². The van der Waals surface area contributed by atoms with Crippen molar-refractivity contribution >= 4 is 28.3 Å². The molecule has 2 amide bonds. The largest absolute Gasteiger partial charge is 0.341 e. The van der Waals surface area contributed by atoms with Crippen LogP contribution in [0, 0.1) is 5.92 Å². The molecule has 0 spiro atoms. The molecule has 0 aromatic heterocycles. The number of amides is 2. The van der Waals surface area contributed by atoms with Crippen LogP contribution in [0.2, 0.25) is 0 Å². The maximum absolute atomic E-state index is 13.0. The van der Waals surface area contributed by atoms with Crippen molar-refractivity contribution in [3.63, 3.8) is 0 Å². The molecule has 0 N–H and O–H groups in total. The van der Waals surface area contributed by atoms with E-state index in [2.05, 4.69) is 0 Å². The van der Waals surface area contributed by atoms with Gasteiger partial charge in [-0.3, -0.25) is 9.59 Å². The fourth-order valence-electron chi connectivity index (χ4n) is 3.79. The highest BCUT2D eigenvalue weighted by atomic mass is 16.2. The van der Waals surface area contributed by atoms with Crippen molar-refractivity contribution in [3.8, 4) is 0 Å². The van der Waals surface area contributed by atoms with Crippen LogP contribution in [0.4, 0.5) is 5.69 Å². The molecule has 1 aliphatic heterocycles. The zero-order valence-electron chi connectivity index (χ0n) is 15.3. The number of carbonyl (C=O) groups excluding carboxylic acids is 2. The van der Waals surface area contributed by atoms with Gasteiger partial charge in [-0.2, -0.15) is 0 Å². The van der Waals surface area contributed by atoms with E-state index >= 15 is 0 Å². The molecule has 1 heterocycles. The molecule has 4 rings (SSSR count). The Morgan fingerprint density at radius 2 is 1.70 bits per heavy atom. The van der Waals surface area contributed by atoms with E-state index in [1.165, 1.54) is 0 Å². The monoisotopic (exact) mass is 358 g/mol. The molecule has 1 unspecified atom stereocenters. The van der Waals surface area contributed by atoms with Crippen molar-refractivity contribution in [2.24, 2.45) is 5.92 Å². The van der Waals surface area contributed by atoms with Gasteiger partial charge in [0.05, 0.1) is 5.69 Å². The Kier molecular flexibility index (Phi) is 4.63. The van der Waals surface area contributed by atoms with Crippen molar-refractivity contribution in [1.82, 2.24) is 4.90 Å². The van der Waals surface area contributed by atoms with Crippen LogP contribution in [0.25, 0.3) is 10.8 Å². The maximum Gasteiger partial charge on any atom is 0.239 e. The third-order valence-electron chi connectivity index (χ3n) is 5.20. The number of hydrogen-bond acceptors (Lipinski definition) is 2. The van der Waals surface area contributed by atoms with Gasteiger partial charge in [-0.25, -0.2) is 0 Å². The second kappa shape index (κ2) is 7.23. The fourth-order valence-corrected chi connectivity index (χ4v) is 3.79. The summed E-state index contributed by atoms with van der Waals surface area (Å²) in [6, 6.07) is 23.8. The van der Waals surface area contributed by atoms with Crippen LogP contribution in [0.5, 0.6) is 0 Å². The number of rotatable bonds is 4. The Bertz CT molecular complexity index is 979. The lowest BCUT2D eigenvalue weighted by Gasteiger charge is -2.22. The van der Waals surface area contributed by atoms with Gasteiger partial charge in [-0.15, -0.1) is 0 Å². The average Bonchev–Trinajstić information content (AvgIpc) is 3.08. The molecule has 1 atom stereocenters. The van der Waals surface area contributed by atoms with E-state index in [0.29, 0.717) is 19.5 Å². The number of fused-ring (bicyclic) bond motifs is 1. The van der Waals surface area contributed by atoms with Gasteiger partial charge in [0.25, 0.3) is 0 Å². The number of nitrogens with zero attached hydrogens (tertiary/aromatic N) is 2. The van der Waals surface area contributed by atoms with Gasteiger partial charge in [0.1, 0.15) is 5.92 Å². The summed E-state index contributed by atoms with van der Waals surface area (Å²) in [5.74, 6) is -0.805. The van der Waals surface area contributed by atoms with Crippen molar-refractivity contribution in [3.05, 3.63) is 78.4 Å². The molecule has 0 saturated carbocycles. The number of hydrogen-bond donors (Lipinski definition) is 0. The summed E-state index contributed by atoms with van der Waals surface area (Å²) in [6.45, 7) is 1.08. The molecule has 136 valence electrons. The zero-order valence-corrected chi connectivity index (χ0v) is 15.3. The Morgan fingerprint density at radius 3 is 2.52 bits per heavy atom. The average molecular weight is 358 g/mol. The molecule has 4 nitrogen and oxygen atoms in total. The summed E-state index contributed by atoms with van der Waals surface area (Å²) >= 11 is 0. The van der Waals surface area contributed by atoms with E-state index in [0.717, 1.165) is 22.0 Å². The normalized spacial score (nSPS) is 16.7. The smallest absolute Gasteiger partial charge is 0.239 e. The molecular formula is C23H22N2O2. The van der Waals surface area contributed by atoms with Gasteiger partial charge >= 0.3 is 0 Å². The van der Waals surface area contributed by atoms with Crippen LogP contribution >= 0.6 is 0 Å². The SMILES string of the molecule is CN(Cc1ccccc1)C(=O)C1CCN(c2cccc3ccccc23)C1=O. The Labute approximate surface area is 159 Å². The van der Waals surface area contributed by atoms with E-state index in [9.17, 15) is 9.59 Å². The summed E-state index contributed by atoms with van der Waals surface area (Å²) in [5.41, 5.74) is 1.95. The molecule has 3 aromatic carbocycles. The lowest BCUT2D eigenvalue weighted by atomic mass is 10.1. The molecule has 0 aliphatic carbocycles. The first kappa shape index (κ1) is 17.3. The van der Waals surface area contributed by atoms with Crippen LogP contribution in [0.15, 0.2) is 72.8 Å². The van der Waals surface area contributed by atoms with Crippen LogP contribution in [-0.2, 0) is 16.1 Å². The second-order valence-electron chi connectivity index (χ2n) is 7.01. The second-order valence-corrected chi connectivity index (χ2v) is 7.01. The van der Waals surface area contributed by atoms with Crippen LogP contribution < -0.4 is 4.90 Å². The standard InChI is InChI=1S/C23H22N2O2/c1-24(16-17-8-3-2-4-9-17)22(26)20-14-15-25(23(20)27)21-13-7-11-18-10-5-6-12-19(18)21/h2-13,20H,14-16H2,1H3. The first-order valence-corrected chi connectivity index (χ1v) is 9.23. The summed E-state index contributed by atoms with van der Waals surface area (Å²) in [4.78, 5) is 29.3. The summed E-state index contributed by atoms with van der Waals surface area (Å²) in [7, 11) is 1.77. The van der Waals surface area contributed by atoms with E-state index < -0.39 is 5.92 Å². The molecule has 1 saturated heterocycles. The van der Waals surface area contributed by atoms with Crippen molar-refractivity contribution in [1.29, 1.82) is 0 Å². The minimum absolute atomic E-state index is 0.101. The predicted molar refractivity (Wildman–Crippen MR) is 107 cm³/mol. The van der Waals surface area contributed by atoms with Gasteiger partial charge in [0, 0.05) is 25.5 Å². The molecule has 1 aliphatic rings. The van der Waals surface area contributed by atoms with E-state index in [-0.39, 0.29) is 11.8 Å². The Hall–Kier alpha value is -3.14. The highest BCUT2D eigenvalue weighted by molar-refractivity contribution is 6.12. The van der Waals surface area contributed by atoms with Crippen molar-refractivity contribution in [2.45, 2.75) is 13.0 Å². The van der Waals surface area contributed by atoms with Crippen LogP contribution in [-0.4, -0.2) is 30.3 Å². The highest BCUT2D eigenvalue weighted by Crippen LogP contribution is 2.32. The first-order valence-electron chi connectivity index (χ1n) is 9.23. The highest BCUT2D eigenvalue weighted by Gasteiger charge is 2.39. The summed E-state index contributed by atoms with van der Waals surface area (Å²) in [6.07, 6.45) is 0.556. The minimum atomic E-state index is -0.599. The first-order chi connectivity index (χ1) is 13.1. The van der Waals surface area contributed by atoms with Crippen molar-refractivity contribution in [2.75, 3.05) is 18.5 Å². The number of carbonyl (C=O) groups is 2. The molecule has 1 fully saturated rings. The maximum atomic E-state index is 13.0. The molecule has 4 heteroatoms. The van der Waals surface area contributed by atoms with Gasteiger partial charge < -0.3 is 9.80 Å². The zero-order chi connectivity index (χ0) is 18.8. The number of benzene rings is 3. The van der Waals surface area contributed by atoms with Crippen molar-refractivity contribution < 1.29 is 9.59 Å².